The third-order valence-corrected chi connectivity index (χ3v) is 5.21. The Bertz CT molecular complexity index is 995. The Kier molecular flexibility index (Phi) is 5.04. The predicted octanol–water partition coefficient (Wildman–Crippen LogP) is 3.23. The van der Waals surface area contributed by atoms with Gasteiger partial charge in [-0.25, -0.2) is 19.7 Å². The first-order valence-electron chi connectivity index (χ1n) is 9.20. The van der Waals surface area contributed by atoms with E-state index >= 15 is 0 Å². The van der Waals surface area contributed by atoms with E-state index in [0.29, 0.717) is 29.8 Å². The predicted molar refractivity (Wildman–Crippen MR) is 109 cm³/mol. The number of anilines is 1. The Morgan fingerprint density at radius 2 is 2.11 bits per heavy atom. The molecule has 1 aliphatic heterocycles. The molecule has 1 saturated heterocycles. The topological polar surface area (TPSA) is 90.0 Å². The van der Waals surface area contributed by atoms with Crippen LogP contribution < -0.4 is 5.32 Å². The molecule has 8 nitrogen and oxygen atoms in total. The summed E-state index contributed by atoms with van der Waals surface area (Å²) >= 11 is 6.38. The number of carbonyl (C=O) groups is 1. The number of hydrogen-bond donors (Lipinski definition) is 2. The summed E-state index contributed by atoms with van der Waals surface area (Å²) in [4.78, 5) is 32.0. The van der Waals surface area contributed by atoms with E-state index < -0.39 is 0 Å². The molecule has 0 bridgehead atoms. The molecule has 4 heterocycles. The summed E-state index contributed by atoms with van der Waals surface area (Å²) in [5.74, 6) is 0.537. The van der Waals surface area contributed by atoms with Gasteiger partial charge in [-0.3, -0.25) is 0 Å². The fraction of sp³-hybridized carbons (Fsp3) is 0.368. The minimum atomic E-state index is 0.0522. The lowest BCUT2D eigenvalue weighted by Crippen LogP contribution is -2.46. The second kappa shape index (κ2) is 7.63. The van der Waals surface area contributed by atoms with Gasteiger partial charge in [0, 0.05) is 56.6 Å². The molecular weight excluding hydrogens is 378 g/mol. The monoisotopic (exact) mass is 399 g/mol. The maximum absolute atomic E-state index is 12.1. The van der Waals surface area contributed by atoms with Gasteiger partial charge in [-0.15, -0.1) is 0 Å². The minimum absolute atomic E-state index is 0.0522. The molecule has 0 atom stereocenters. The third-order valence-electron chi connectivity index (χ3n) is 4.93. The van der Waals surface area contributed by atoms with Gasteiger partial charge in [-0.2, -0.15) is 0 Å². The van der Waals surface area contributed by atoms with Crippen molar-refractivity contribution >= 4 is 34.6 Å². The summed E-state index contributed by atoms with van der Waals surface area (Å²) in [6, 6.07) is 4.13. The Hall–Kier alpha value is -2.87. The molecule has 0 unspecified atom stereocenters. The molecule has 4 rings (SSSR count). The van der Waals surface area contributed by atoms with E-state index in [1.165, 1.54) is 0 Å². The van der Waals surface area contributed by atoms with Crippen molar-refractivity contribution in [2.24, 2.45) is 0 Å². The molecule has 0 spiro atoms. The fourth-order valence-corrected chi connectivity index (χ4v) is 3.65. The van der Waals surface area contributed by atoms with Crippen molar-refractivity contribution < 1.29 is 4.79 Å². The van der Waals surface area contributed by atoms with E-state index in [-0.39, 0.29) is 12.1 Å². The number of carbonyl (C=O) groups excluding carboxylic acids is 1. The van der Waals surface area contributed by atoms with Gasteiger partial charge in [-0.1, -0.05) is 11.6 Å². The highest BCUT2D eigenvalue weighted by atomic mass is 35.5. The number of hydrogen-bond acceptors (Lipinski definition) is 5. The van der Waals surface area contributed by atoms with Crippen LogP contribution in [0.25, 0.3) is 22.3 Å². The quantitative estimate of drug-likeness (QED) is 0.705. The van der Waals surface area contributed by atoms with Gasteiger partial charge < -0.3 is 20.1 Å². The normalized spacial score (nSPS) is 15.0. The molecule has 2 N–H and O–H groups in total. The Morgan fingerprint density at radius 3 is 2.86 bits per heavy atom. The van der Waals surface area contributed by atoms with Crippen molar-refractivity contribution in [2.75, 3.05) is 32.5 Å². The number of urea groups is 1. The van der Waals surface area contributed by atoms with Gasteiger partial charge in [0.25, 0.3) is 0 Å². The van der Waals surface area contributed by atoms with Crippen molar-refractivity contribution in [2.45, 2.75) is 18.9 Å². The molecule has 0 saturated carbocycles. The van der Waals surface area contributed by atoms with Crippen LogP contribution in [0.2, 0.25) is 5.02 Å². The Balaban J connectivity index is 1.50. The van der Waals surface area contributed by atoms with Crippen molar-refractivity contribution in [1.29, 1.82) is 0 Å². The maximum Gasteiger partial charge on any atom is 0.319 e. The van der Waals surface area contributed by atoms with E-state index in [4.69, 9.17) is 11.6 Å². The molecule has 0 aromatic carbocycles. The lowest BCUT2D eigenvalue weighted by Gasteiger charge is -2.33. The van der Waals surface area contributed by atoms with Crippen LogP contribution in [0.1, 0.15) is 12.8 Å². The smallest absolute Gasteiger partial charge is 0.319 e. The Morgan fingerprint density at radius 1 is 1.32 bits per heavy atom. The van der Waals surface area contributed by atoms with Crippen molar-refractivity contribution in [3.63, 3.8) is 0 Å². The average molecular weight is 400 g/mol. The van der Waals surface area contributed by atoms with Crippen molar-refractivity contribution in [1.82, 2.24) is 29.7 Å². The van der Waals surface area contributed by atoms with Gasteiger partial charge in [0.2, 0.25) is 5.95 Å². The SMILES string of the molecule is CN(C)C(=O)N1CCC(Nc2ncc(Cl)c(-c3c[nH]c4ncccc34)n2)CC1. The fourth-order valence-electron chi connectivity index (χ4n) is 3.46. The van der Waals surface area contributed by atoms with Crippen LogP contribution >= 0.6 is 11.6 Å². The largest absolute Gasteiger partial charge is 0.351 e. The third kappa shape index (κ3) is 3.60. The number of amides is 2. The standard InChI is InChI=1S/C19H22ClN7O/c1-26(2)19(28)27-8-5-12(6-9-27)24-18-23-11-15(20)16(25-18)14-10-22-17-13(14)4-3-7-21-17/h3-4,7,10-12H,5-6,8-9H2,1-2H3,(H,21,22)(H,23,24,25). The molecule has 2 amide bonds. The first-order valence-corrected chi connectivity index (χ1v) is 9.58. The number of piperidine rings is 1. The van der Waals surface area contributed by atoms with Crippen molar-refractivity contribution in [3.05, 3.63) is 35.7 Å². The summed E-state index contributed by atoms with van der Waals surface area (Å²) in [6.45, 7) is 1.42. The minimum Gasteiger partial charge on any atom is -0.351 e. The first-order chi connectivity index (χ1) is 13.5. The molecule has 28 heavy (non-hydrogen) atoms. The Labute approximate surface area is 167 Å². The van der Waals surface area contributed by atoms with Crippen molar-refractivity contribution in [3.8, 4) is 11.3 Å². The van der Waals surface area contributed by atoms with E-state index in [1.807, 2.05) is 23.2 Å². The lowest BCUT2D eigenvalue weighted by atomic mass is 10.1. The second-order valence-electron chi connectivity index (χ2n) is 7.07. The molecule has 3 aromatic heterocycles. The average Bonchev–Trinajstić information content (AvgIpc) is 3.13. The zero-order valence-electron chi connectivity index (χ0n) is 15.8. The summed E-state index contributed by atoms with van der Waals surface area (Å²) in [7, 11) is 3.55. The summed E-state index contributed by atoms with van der Waals surface area (Å²) in [5, 5.41) is 4.84. The number of aromatic amines is 1. The van der Waals surface area contributed by atoms with Crippen LogP contribution in [0.4, 0.5) is 10.7 Å². The van der Waals surface area contributed by atoms with Crippen LogP contribution in [0.3, 0.4) is 0 Å². The van der Waals surface area contributed by atoms with E-state index in [9.17, 15) is 4.79 Å². The molecule has 1 aliphatic rings. The molecule has 0 aliphatic carbocycles. The highest BCUT2D eigenvalue weighted by Crippen LogP contribution is 2.31. The summed E-state index contributed by atoms with van der Waals surface area (Å²) < 4.78 is 0. The zero-order valence-corrected chi connectivity index (χ0v) is 16.6. The molecule has 146 valence electrons. The van der Waals surface area contributed by atoms with Gasteiger partial charge in [-0.05, 0) is 25.0 Å². The second-order valence-corrected chi connectivity index (χ2v) is 7.48. The maximum atomic E-state index is 12.1. The van der Waals surface area contributed by atoms with E-state index in [1.54, 1.807) is 31.4 Å². The molecule has 3 aromatic rings. The zero-order chi connectivity index (χ0) is 19.7. The van der Waals surface area contributed by atoms with Gasteiger partial charge in [0.05, 0.1) is 16.9 Å². The van der Waals surface area contributed by atoms with Gasteiger partial charge in [0.1, 0.15) is 5.65 Å². The van der Waals surface area contributed by atoms with E-state index in [0.717, 1.165) is 29.4 Å². The number of pyridine rings is 1. The molecule has 1 fully saturated rings. The number of rotatable bonds is 3. The highest BCUT2D eigenvalue weighted by Gasteiger charge is 2.24. The number of halogens is 1. The molecular formula is C19H22ClN7O. The highest BCUT2D eigenvalue weighted by molar-refractivity contribution is 6.33. The van der Waals surface area contributed by atoms with Crippen LogP contribution in [0, 0.1) is 0 Å². The van der Waals surface area contributed by atoms with Gasteiger partial charge in [0.15, 0.2) is 0 Å². The summed E-state index contributed by atoms with van der Waals surface area (Å²) in [6.07, 6.45) is 6.91. The number of likely N-dealkylation sites (tertiary alicyclic amines) is 1. The number of aromatic nitrogens is 4. The number of nitrogens with one attached hydrogen (secondary N) is 2. The molecule has 0 radical (unpaired) electrons. The van der Waals surface area contributed by atoms with Crippen LogP contribution in [-0.4, -0.2) is 69.0 Å². The number of nitrogens with zero attached hydrogens (tertiary/aromatic N) is 5. The lowest BCUT2D eigenvalue weighted by molar-refractivity contribution is 0.158. The number of fused-ring (bicyclic) bond motifs is 1. The van der Waals surface area contributed by atoms with Crippen LogP contribution in [-0.2, 0) is 0 Å². The summed E-state index contributed by atoms with van der Waals surface area (Å²) in [5.41, 5.74) is 2.35. The van der Waals surface area contributed by atoms with Gasteiger partial charge >= 0.3 is 6.03 Å². The van der Waals surface area contributed by atoms with E-state index in [2.05, 4.69) is 25.3 Å². The van der Waals surface area contributed by atoms with Crippen LogP contribution in [0.5, 0.6) is 0 Å². The first kappa shape index (κ1) is 18.5. The number of H-pyrrole nitrogens is 1. The molecule has 9 heteroatoms. The van der Waals surface area contributed by atoms with Crippen LogP contribution in [0.15, 0.2) is 30.7 Å².